The van der Waals surface area contributed by atoms with Crippen LogP contribution in [0, 0.1) is 5.41 Å². The average Bonchev–Trinajstić information content (AvgIpc) is 2.23. The molecule has 0 spiro atoms. The van der Waals surface area contributed by atoms with Crippen molar-refractivity contribution in [2.75, 3.05) is 0 Å². The first-order valence-corrected chi connectivity index (χ1v) is 7.63. The molecule has 100 valence electrons. The summed E-state index contributed by atoms with van der Waals surface area (Å²) in [5.41, 5.74) is 3.18. The topological polar surface area (TPSA) is 0 Å². The predicted molar refractivity (Wildman–Crippen MR) is 80.3 cm³/mol. The number of hydrogen-bond donors (Lipinski definition) is 0. The van der Waals surface area contributed by atoms with Gasteiger partial charge in [-0.2, -0.15) is 0 Å². The van der Waals surface area contributed by atoms with Gasteiger partial charge in [0.1, 0.15) is 0 Å². The van der Waals surface area contributed by atoms with Gasteiger partial charge in [-0.15, -0.1) is 11.6 Å². The summed E-state index contributed by atoms with van der Waals surface area (Å²) in [5, 5.41) is 0.171. The molecule has 0 heterocycles. The van der Waals surface area contributed by atoms with E-state index in [9.17, 15) is 0 Å². The number of hydrogen-bond acceptors (Lipinski definition) is 0. The summed E-state index contributed by atoms with van der Waals surface area (Å²) >= 11 is 6.55. The third kappa shape index (κ3) is 3.75. The van der Waals surface area contributed by atoms with Crippen molar-refractivity contribution < 1.29 is 0 Å². The molecule has 0 aliphatic heterocycles. The van der Waals surface area contributed by atoms with Crippen LogP contribution in [0.4, 0.5) is 0 Å². The summed E-state index contributed by atoms with van der Waals surface area (Å²) in [6.07, 6.45) is 6.36. The fourth-order valence-corrected chi connectivity index (χ4v) is 2.72. The molecule has 1 saturated carbocycles. The predicted octanol–water partition coefficient (Wildman–Crippen LogP) is 6.06. The summed E-state index contributed by atoms with van der Waals surface area (Å²) in [4.78, 5) is 0. The van der Waals surface area contributed by atoms with Crippen LogP contribution in [0.3, 0.4) is 0 Å². The second-order valence-electron chi connectivity index (χ2n) is 6.86. The van der Waals surface area contributed by atoms with E-state index < -0.39 is 0 Å². The minimum absolute atomic E-state index is 0.171. The molecule has 1 aromatic rings. The Morgan fingerprint density at radius 1 is 1.28 bits per heavy atom. The Bertz CT molecular complexity index is 385. The van der Waals surface area contributed by atoms with E-state index in [-0.39, 0.29) is 5.38 Å². The zero-order valence-corrected chi connectivity index (χ0v) is 12.6. The van der Waals surface area contributed by atoms with Gasteiger partial charge in [0.25, 0.3) is 0 Å². The van der Waals surface area contributed by atoms with Crippen molar-refractivity contribution in [3.63, 3.8) is 0 Å². The molecule has 1 aliphatic carbocycles. The van der Waals surface area contributed by atoms with Crippen molar-refractivity contribution in [3.8, 4) is 0 Å². The van der Waals surface area contributed by atoms with Gasteiger partial charge < -0.3 is 0 Å². The molecule has 0 aromatic heterocycles. The van der Waals surface area contributed by atoms with Crippen LogP contribution in [-0.4, -0.2) is 0 Å². The van der Waals surface area contributed by atoms with E-state index >= 15 is 0 Å². The zero-order chi connectivity index (χ0) is 13.2. The Morgan fingerprint density at radius 2 is 2.00 bits per heavy atom. The molecule has 0 saturated heterocycles. The molecule has 1 fully saturated rings. The van der Waals surface area contributed by atoms with Gasteiger partial charge in [-0.25, -0.2) is 0 Å². The second kappa shape index (κ2) is 5.65. The lowest BCUT2D eigenvalue weighted by molar-refractivity contribution is 0.363. The average molecular weight is 265 g/mol. The summed E-state index contributed by atoms with van der Waals surface area (Å²) in [5.74, 6) is 0.802. The van der Waals surface area contributed by atoms with Gasteiger partial charge in [0.05, 0.1) is 5.38 Å². The molecule has 1 unspecified atom stereocenters. The van der Waals surface area contributed by atoms with Crippen LogP contribution < -0.4 is 0 Å². The van der Waals surface area contributed by atoms with Gasteiger partial charge in [-0.05, 0) is 48.1 Å². The fraction of sp³-hybridized carbons (Fsp3) is 0.647. The molecule has 0 nitrogen and oxygen atoms in total. The highest BCUT2D eigenvalue weighted by molar-refractivity contribution is 6.20. The highest BCUT2D eigenvalue weighted by Crippen LogP contribution is 2.38. The molecule has 1 atom stereocenters. The molecule has 0 radical (unpaired) electrons. The molecule has 2 rings (SSSR count). The molecule has 18 heavy (non-hydrogen) atoms. The van der Waals surface area contributed by atoms with Crippen LogP contribution in [0.2, 0.25) is 0 Å². The maximum Gasteiger partial charge on any atom is 0.0585 e. The zero-order valence-electron chi connectivity index (χ0n) is 11.9. The normalized spacial score (nSPS) is 18.4. The standard InChI is InChI=1S/C17H25Cl/c1-17(2,3)11-10-16(18)15-9-5-8-14(12-15)13-6-4-7-13/h5,8-9,12-13,16H,4,6-7,10-11H2,1-3H3. The van der Waals surface area contributed by atoms with Crippen molar-refractivity contribution in [2.45, 2.75) is 64.2 Å². The smallest absolute Gasteiger partial charge is 0.0585 e. The van der Waals surface area contributed by atoms with Crippen LogP contribution in [-0.2, 0) is 0 Å². The Balaban J connectivity index is 1.98. The number of benzene rings is 1. The first-order valence-electron chi connectivity index (χ1n) is 7.20. The Hall–Kier alpha value is -0.490. The Labute approximate surface area is 117 Å². The fourth-order valence-electron chi connectivity index (χ4n) is 2.48. The number of halogens is 1. The van der Waals surface area contributed by atoms with Crippen LogP contribution in [0.1, 0.15) is 75.3 Å². The molecular formula is C17H25Cl. The van der Waals surface area contributed by atoms with Crippen molar-refractivity contribution >= 4 is 11.6 Å². The third-order valence-corrected chi connectivity index (χ3v) is 4.47. The van der Waals surface area contributed by atoms with Gasteiger partial charge in [0.2, 0.25) is 0 Å². The third-order valence-electron chi connectivity index (χ3n) is 4.00. The largest absolute Gasteiger partial charge is 0.118 e. The van der Waals surface area contributed by atoms with E-state index in [1.165, 1.54) is 36.8 Å². The van der Waals surface area contributed by atoms with Crippen LogP contribution in [0.25, 0.3) is 0 Å². The number of rotatable bonds is 4. The van der Waals surface area contributed by atoms with E-state index in [2.05, 4.69) is 45.0 Å². The van der Waals surface area contributed by atoms with Gasteiger partial charge in [-0.1, -0.05) is 51.5 Å². The highest BCUT2D eigenvalue weighted by atomic mass is 35.5. The van der Waals surface area contributed by atoms with Crippen molar-refractivity contribution in [3.05, 3.63) is 35.4 Å². The van der Waals surface area contributed by atoms with Crippen LogP contribution in [0.15, 0.2) is 24.3 Å². The van der Waals surface area contributed by atoms with E-state index in [1.807, 2.05) is 0 Å². The van der Waals surface area contributed by atoms with Crippen molar-refractivity contribution in [2.24, 2.45) is 5.41 Å². The molecule has 1 aromatic carbocycles. The summed E-state index contributed by atoms with van der Waals surface area (Å²) in [7, 11) is 0. The summed E-state index contributed by atoms with van der Waals surface area (Å²) in [6.45, 7) is 6.84. The van der Waals surface area contributed by atoms with Crippen molar-refractivity contribution in [1.82, 2.24) is 0 Å². The quantitative estimate of drug-likeness (QED) is 0.580. The highest BCUT2D eigenvalue weighted by Gasteiger charge is 2.21. The molecular weight excluding hydrogens is 240 g/mol. The second-order valence-corrected chi connectivity index (χ2v) is 7.39. The van der Waals surface area contributed by atoms with Gasteiger partial charge >= 0.3 is 0 Å². The first kappa shape index (κ1) is 13.9. The van der Waals surface area contributed by atoms with Gasteiger partial charge in [-0.3, -0.25) is 0 Å². The van der Waals surface area contributed by atoms with E-state index in [1.54, 1.807) is 0 Å². The lowest BCUT2D eigenvalue weighted by Crippen LogP contribution is -2.09. The molecule has 0 amide bonds. The van der Waals surface area contributed by atoms with Crippen molar-refractivity contribution in [1.29, 1.82) is 0 Å². The SMILES string of the molecule is CC(C)(C)CCC(Cl)c1cccc(C2CCC2)c1. The van der Waals surface area contributed by atoms with E-state index in [4.69, 9.17) is 11.6 Å². The van der Waals surface area contributed by atoms with Gasteiger partial charge in [0.15, 0.2) is 0 Å². The van der Waals surface area contributed by atoms with Gasteiger partial charge in [0, 0.05) is 0 Å². The Morgan fingerprint density at radius 3 is 2.56 bits per heavy atom. The molecule has 0 bridgehead atoms. The first-order chi connectivity index (χ1) is 8.46. The maximum absolute atomic E-state index is 6.55. The maximum atomic E-state index is 6.55. The van der Waals surface area contributed by atoms with E-state index in [0.29, 0.717) is 5.41 Å². The van der Waals surface area contributed by atoms with E-state index in [0.717, 1.165) is 12.3 Å². The molecule has 1 heteroatoms. The van der Waals surface area contributed by atoms with Crippen LogP contribution in [0.5, 0.6) is 0 Å². The lowest BCUT2D eigenvalue weighted by Gasteiger charge is -2.27. The lowest BCUT2D eigenvalue weighted by atomic mass is 9.79. The molecule has 1 aliphatic rings. The minimum atomic E-state index is 0.171. The molecule has 0 N–H and O–H groups in total. The van der Waals surface area contributed by atoms with Crippen LogP contribution >= 0.6 is 11.6 Å². The minimum Gasteiger partial charge on any atom is -0.118 e. The summed E-state index contributed by atoms with van der Waals surface area (Å²) < 4.78 is 0. The monoisotopic (exact) mass is 264 g/mol. The number of alkyl halides is 1. The Kier molecular flexibility index (Phi) is 4.37. The summed E-state index contributed by atoms with van der Waals surface area (Å²) in [6, 6.07) is 8.96.